The lowest BCUT2D eigenvalue weighted by Gasteiger charge is -2.23. The van der Waals surface area contributed by atoms with E-state index in [9.17, 15) is 0 Å². The molecule has 0 bridgehead atoms. The van der Waals surface area contributed by atoms with Crippen molar-refractivity contribution in [2.75, 3.05) is 0 Å². The molecule has 0 fully saturated rings. The number of hydrogen-bond donors (Lipinski definition) is 1. The van der Waals surface area contributed by atoms with E-state index < -0.39 is 0 Å². The highest BCUT2D eigenvalue weighted by Crippen LogP contribution is 2.26. The number of rotatable bonds is 3. The van der Waals surface area contributed by atoms with Gasteiger partial charge in [-0.3, -0.25) is 0 Å². The molecule has 16 heavy (non-hydrogen) atoms. The summed E-state index contributed by atoms with van der Waals surface area (Å²) in [6.07, 6.45) is 2.32. The summed E-state index contributed by atoms with van der Waals surface area (Å²) in [5.41, 5.74) is 2.92. The Morgan fingerprint density at radius 3 is 2.44 bits per heavy atom. The monoisotopic (exact) mass is 237 g/mol. The number of aromatic amines is 1. The third-order valence-electron chi connectivity index (χ3n) is 2.57. The Morgan fingerprint density at radius 2 is 1.94 bits per heavy atom. The van der Waals surface area contributed by atoms with Gasteiger partial charge >= 0.3 is 0 Å². The van der Waals surface area contributed by atoms with Gasteiger partial charge in [0.1, 0.15) is 4.64 Å². The van der Waals surface area contributed by atoms with Gasteiger partial charge in [-0.25, -0.2) is 0 Å². The molecular weight excluding hydrogens is 214 g/mol. The van der Waals surface area contributed by atoms with Gasteiger partial charge < -0.3 is 4.98 Å². The van der Waals surface area contributed by atoms with Crippen LogP contribution in [0.3, 0.4) is 0 Å². The molecule has 1 heterocycles. The minimum Gasteiger partial charge on any atom is -0.350 e. The van der Waals surface area contributed by atoms with Crippen LogP contribution in [-0.4, -0.2) is 4.98 Å². The molecule has 0 saturated heterocycles. The van der Waals surface area contributed by atoms with Crippen LogP contribution in [0.1, 0.15) is 45.4 Å². The molecule has 0 amide bonds. The highest BCUT2D eigenvalue weighted by molar-refractivity contribution is 7.71. The van der Waals surface area contributed by atoms with E-state index in [0.29, 0.717) is 11.3 Å². The van der Waals surface area contributed by atoms with E-state index in [2.05, 4.69) is 45.7 Å². The summed E-state index contributed by atoms with van der Waals surface area (Å²) in [6.45, 7) is 11.3. The third-order valence-corrected chi connectivity index (χ3v) is 2.79. The fourth-order valence-corrected chi connectivity index (χ4v) is 2.67. The van der Waals surface area contributed by atoms with Crippen LogP contribution in [0.2, 0.25) is 0 Å². The van der Waals surface area contributed by atoms with Crippen LogP contribution < -0.4 is 0 Å². The molecule has 0 aromatic carbocycles. The van der Waals surface area contributed by atoms with Crippen molar-refractivity contribution in [1.82, 2.24) is 4.98 Å². The summed E-state index contributed by atoms with van der Waals surface area (Å²) in [6, 6.07) is 4.21. The van der Waals surface area contributed by atoms with E-state index in [1.165, 1.54) is 17.7 Å². The largest absolute Gasteiger partial charge is 0.350 e. The van der Waals surface area contributed by atoms with Gasteiger partial charge in [0, 0.05) is 5.69 Å². The Balaban J connectivity index is 2.70. The number of aromatic nitrogens is 1. The number of hydrogen-bond acceptors (Lipinski definition) is 1. The molecule has 0 saturated carbocycles. The Kier molecular flexibility index (Phi) is 4.31. The fourth-order valence-electron chi connectivity index (χ4n) is 2.36. The molecule has 0 radical (unpaired) electrons. The van der Waals surface area contributed by atoms with Crippen molar-refractivity contribution in [3.63, 3.8) is 0 Å². The predicted molar refractivity (Wildman–Crippen MR) is 73.3 cm³/mol. The molecular formula is C14H23NS. The quantitative estimate of drug-likeness (QED) is 0.755. The van der Waals surface area contributed by atoms with Crippen molar-refractivity contribution in [2.45, 2.75) is 47.5 Å². The zero-order valence-corrected chi connectivity index (χ0v) is 11.9. The summed E-state index contributed by atoms with van der Waals surface area (Å²) in [4.78, 5) is 3.28. The Hall–Kier alpha value is -0.630. The van der Waals surface area contributed by atoms with E-state index in [-0.39, 0.29) is 0 Å². The minimum atomic E-state index is 0.403. The topological polar surface area (TPSA) is 15.8 Å². The first-order chi connectivity index (χ1) is 7.26. The van der Waals surface area contributed by atoms with Gasteiger partial charge in [0.05, 0.1) is 0 Å². The molecule has 0 aliphatic carbocycles. The van der Waals surface area contributed by atoms with Crippen molar-refractivity contribution in [2.24, 2.45) is 11.3 Å². The van der Waals surface area contributed by atoms with Gasteiger partial charge in [-0.1, -0.05) is 39.9 Å². The van der Waals surface area contributed by atoms with Crippen LogP contribution in [0.25, 0.3) is 0 Å². The maximum atomic E-state index is 5.19. The second-order valence-corrected chi connectivity index (χ2v) is 6.56. The lowest BCUT2D eigenvalue weighted by Crippen LogP contribution is -2.13. The smallest absolute Gasteiger partial charge is 0.103 e. The second kappa shape index (κ2) is 5.13. The van der Waals surface area contributed by atoms with Gasteiger partial charge in [-0.2, -0.15) is 0 Å². The van der Waals surface area contributed by atoms with Crippen molar-refractivity contribution in [3.8, 4) is 0 Å². The molecule has 0 aliphatic rings. The number of pyridine rings is 1. The normalized spacial score (nSPS) is 13.8. The zero-order chi connectivity index (χ0) is 12.3. The first-order valence-electron chi connectivity index (χ1n) is 5.96. The summed E-state index contributed by atoms with van der Waals surface area (Å²) < 4.78 is 0.845. The van der Waals surface area contributed by atoms with Crippen LogP contribution in [0.4, 0.5) is 0 Å². The highest BCUT2D eigenvalue weighted by atomic mass is 32.1. The van der Waals surface area contributed by atoms with E-state index in [1.54, 1.807) is 0 Å². The molecule has 1 unspecified atom stereocenters. The molecule has 1 atom stereocenters. The SMILES string of the molecule is Cc1cc(CC(C)CC(C)(C)C)[nH]c(=S)c1. The summed E-state index contributed by atoms with van der Waals surface area (Å²) in [5, 5.41) is 0. The van der Waals surface area contributed by atoms with Crippen LogP contribution in [-0.2, 0) is 6.42 Å². The molecule has 0 spiro atoms. The van der Waals surface area contributed by atoms with Crippen molar-refractivity contribution in [3.05, 3.63) is 28.0 Å². The summed E-state index contributed by atoms with van der Waals surface area (Å²) in [5.74, 6) is 0.687. The van der Waals surface area contributed by atoms with Crippen molar-refractivity contribution >= 4 is 12.2 Å². The van der Waals surface area contributed by atoms with Crippen LogP contribution in [0.15, 0.2) is 12.1 Å². The molecule has 1 rings (SSSR count). The average molecular weight is 237 g/mol. The zero-order valence-electron chi connectivity index (χ0n) is 11.1. The van der Waals surface area contributed by atoms with Gasteiger partial charge in [-0.05, 0) is 48.8 Å². The number of H-pyrrole nitrogens is 1. The Bertz CT molecular complexity index is 398. The van der Waals surface area contributed by atoms with Crippen molar-refractivity contribution in [1.29, 1.82) is 0 Å². The molecule has 1 aromatic heterocycles. The second-order valence-electron chi connectivity index (χ2n) is 6.12. The van der Waals surface area contributed by atoms with Crippen LogP contribution in [0.5, 0.6) is 0 Å². The van der Waals surface area contributed by atoms with Crippen LogP contribution >= 0.6 is 12.2 Å². The number of aryl methyl sites for hydroxylation is 1. The minimum absolute atomic E-state index is 0.403. The van der Waals surface area contributed by atoms with E-state index in [0.717, 1.165) is 11.1 Å². The molecule has 90 valence electrons. The maximum absolute atomic E-state index is 5.19. The Morgan fingerprint density at radius 1 is 1.31 bits per heavy atom. The maximum Gasteiger partial charge on any atom is 0.103 e. The molecule has 2 heteroatoms. The first-order valence-corrected chi connectivity index (χ1v) is 6.37. The van der Waals surface area contributed by atoms with Gasteiger partial charge in [0.15, 0.2) is 0 Å². The molecule has 1 nitrogen and oxygen atoms in total. The third kappa shape index (κ3) is 4.93. The number of nitrogens with one attached hydrogen (secondary N) is 1. The van der Waals surface area contributed by atoms with Crippen LogP contribution in [0, 0.1) is 22.9 Å². The van der Waals surface area contributed by atoms with E-state index in [1.807, 2.05) is 6.07 Å². The molecule has 1 N–H and O–H groups in total. The highest BCUT2D eigenvalue weighted by Gasteiger charge is 2.15. The lowest BCUT2D eigenvalue weighted by atomic mass is 9.83. The predicted octanol–water partition coefficient (Wildman–Crippen LogP) is 4.67. The summed E-state index contributed by atoms with van der Waals surface area (Å²) in [7, 11) is 0. The standard InChI is InChI=1S/C14H23NS/c1-10-6-12(15-13(16)8-10)7-11(2)9-14(3,4)5/h6,8,11H,7,9H2,1-5H3,(H,15,16). The van der Waals surface area contributed by atoms with E-state index in [4.69, 9.17) is 12.2 Å². The van der Waals surface area contributed by atoms with Gasteiger partial charge in [0.25, 0.3) is 0 Å². The van der Waals surface area contributed by atoms with Gasteiger partial charge in [-0.15, -0.1) is 0 Å². The van der Waals surface area contributed by atoms with Crippen molar-refractivity contribution < 1.29 is 0 Å². The average Bonchev–Trinajstić information content (AvgIpc) is 1.96. The van der Waals surface area contributed by atoms with E-state index >= 15 is 0 Å². The fraction of sp³-hybridized carbons (Fsp3) is 0.643. The summed E-state index contributed by atoms with van der Waals surface area (Å²) >= 11 is 5.19. The lowest BCUT2D eigenvalue weighted by molar-refractivity contribution is 0.305. The molecule has 1 aromatic rings. The molecule has 0 aliphatic heterocycles. The van der Waals surface area contributed by atoms with Gasteiger partial charge in [0.2, 0.25) is 0 Å². The first kappa shape index (κ1) is 13.4. The Labute approximate surface area is 104 Å².